The van der Waals surface area contributed by atoms with E-state index in [0.29, 0.717) is 29.9 Å². The van der Waals surface area contributed by atoms with Gasteiger partial charge in [0.1, 0.15) is 11.4 Å². The van der Waals surface area contributed by atoms with Crippen molar-refractivity contribution in [1.82, 2.24) is 20.0 Å². The molecule has 0 N–H and O–H groups in total. The summed E-state index contributed by atoms with van der Waals surface area (Å²) in [7, 11) is 0. The van der Waals surface area contributed by atoms with Crippen LogP contribution in [0.1, 0.15) is 24.1 Å². The molecule has 1 atom stereocenters. The van der Waals surface area contributed by atoms with Crippen LogP contribution < -0.4 is 4.74 Å². The maximum Gasteiger partial charge on any atom is 0.258 e. The average Bonchev–Trinajstić information content (AvgIpc) is 3.35. The van der Waals surface area contributed by atoms with Crippen molar-refractivity contribution in [2.75, 3.05) is 19.7 Å². The normalized spacial score (nSPS) is 16.6. The molecule has 6 nitrogen and oxygen atoms in total. The lowest BCUT2D eigenvalue weighted by Gasteiger charge is -2.32. The fourth-order valence-electron chi connectivity index (χ4n) is 4.32. The van der Waals surface area contributed by atoms with Crippen molar-refractivity contribution in [2.45, 2.75) is 26.3 Å². The largest absolute Gasteiger partial charge is 0.493 e. The van der Waals surface area contributed by atoms with Gasteiger partial charge in [-0.05, 0) is 62.2 Å². The third-order valence-electron chi connectivity index (χ3n) is 5.96. The van der Waals surface area contributed by atoms with Crippen LogP contribution in [-0.4, -0.2) is 39.7 Å². The van der Waals surface area contributed by atoms with Crippen LogP contribution in [0.2, 0.25) is 0 Å². The zero-order chi connectivity index (χ0) is 22.5. The molecule has 0 aliphatic carbocycles. The smallest absolute Gasteiger partial charge is 0.258 e. The number of hydrogen-bond donors (Lipinski definition) is 0. The number of benzene rings is 2. The SMILES string of the molecule is Cc1cccc(-c2noc(-c3cccc(OCC4CCCN(Cc5ccccc5)C4)c3)n2)n1. The van der Waals surface area contributed by atoms with E-state index >= 15 is 0 Å². The van der Waals surface area contributed by atoms with E-state index in [1.54, 1.807) is 0 Å². The summed E-state index contributed by atoms with van der Waals surface area (Å²) in [6, 6.07) is 24.3. The van der Waals surface area contributed by atoms with E-state index in [-0.39, 0.29) is 0 Å². The van der Waals surface area contributed by atoms with Crippen molar-refractivity contribution in [1.29, 1.82) is 0 Å². The highest BCUT2D eigenvalue weighted by atomic mass is 16.5. The number of pyridine rings is 1. The zero-order valence-corrected chi connectivity index (χ0v) is 18.9. The quantitative estimate of drug-likeness (QED) is 0.383. The molecule has 0 saturated carbocycles. The summed E-state index contributed by atoms with van der Waals surface area (Å²) in [6.45, 7) is 5.86. The van der Waals surface area contributed by atoms with Crippen molar-refractivity contribution in [3.05, 3.63) is 84.1 Å². The summed E-state index contributed by atoms with van der Waals surface area (Å²) >= 11 is 0. The second-order valence-electron chi connectivity index (χ2n) is 8.66. The van der Waals surface area contributed by atoms with E-state index in [2.05, 4.69) is 50.4 Å². The summed E-state index contributed by atoms with van der Waals surface area (Å²) in [5, 5.41) is 4.10. The number of likely N-dealkylation sites (tertiary alicyclic amines) is 1. The Hall–Kier alpha value is -3.51. The number of nitrogens with zero attached hydrogens (tertiary/aromatic N) is 4. The van der Waals surface area contributed by atoms with Crippen LogP contribution in [-0.2, 0) is 6.54 Å². The topological polar surface area (TPSA) is 64.3 Å². The Morgan fingerprint density at radius 2 is 1.88 bits per heavy atom. The molecule has 1 unspecified atom stereocenters. The van der Waals surface area contributed by atoms with E-state index in [0.717, 1.165) is 36.6 Å². The molecule has 1 aliphatic heterocycles. The van der Waals surface area contributed by atoms with Gasteiger partial charge in [-0.1, -0.05) is 47.6 Å². The van der Waals surface area contributed by atoms with Gasteiger partial charge >= 0.3 is 0 Å². The van der Waals surface area contributed by atoms with Crippen LogP contribution in [0, 0.1) is 12.8 Å². The Kier molecular flexibility index (Phi) is 6.44. The molecule has 168 valence electrons. The predicted octanol–water partition coefficient (Wildman–Crippen LogP) is 5.40. The Labute approximate surface area is 194 Å². The van der Waals surface area contributed by atoms with Gasteiger partial charge in [-0.3, -0.25) is 4.90 Å². The van der Waals surface area contributed by atoms with Gasteiger partial charge in [-0.2, -0.15) is 4.98 Å². The fraction of sp³-hybridized carbons (Fsp3) is 0.296. The second-order valence-corrected chi connectivity index (χ2v) is 8.66. The molecule has 0 spiro atoms. The molecule has 3 heterocycles. The first kappa shape index (κ1) is 21.3. The van der Waals surface area contributed by atoms with Crippen LogP contribution in [0.5, 0.6) is 5.75 Å². The number of aryl methyl sites for hydroxylation is 1. The highest BCUT2D eigenvalue weighted by Gasteiger charge is 2.21. The van der Waals surface area contributed by atoms with Crippen molar-refractivity contribution < 1.29 is 9.26 Å². The Morgan fingerprint density at radius 3 is 2.76 bits per heavy atom. The minimum atomic E-state index is 0.463. The maximum absolute atomic E-state index is 6.18. The molecule has 33 heavy (non-hydrogen) atoms. The van der Waals surface area contributed by atoms with E-state index in [1.165, 1.54) is 18.4 Å². The monoisotopic (exact) mass is 440 g/mol. The maximum atomic E-state index is 6.18. The molecule has 1 aliphatic rings. The number of ether oxygens (including phenoxy) is 1. The van der Waals surface area contributed by atoms with Gasteiger partial charge in [-0.15, -0.1) is 0 Å². The Balaban J connectivity index is 1.20. The van der Waals surface area contributed by atoms with E-state index in [4.69, 9.17) is 9.26 Å². The first-order valence-corrected chi connectivity index (χ1v) is 11.5. The van der Waals surface area contributed by atoms with Crippen molar-refractivity contribution in [3.8, 4) is 28.7 Å². The van der Waals surface area contributed by atoms with E-state index in [9.17, 15) is 0 Å². The predicted molar refractivity (Wildman–Crippen MR) is 128 cm³/mol. The minimum Gasteiger partial charge on any atom is -0.493 e. The van der Waals surface area contributed by atoms with Crippen LogP contribution in [0.15, 0.2) is 77.3 Å². The van der Waals surface area contributed by atoms with Gasteiger partial charge in [0.2, 0.25) is 5.82 Å². The highest BCUT2D eigenvalue weighted by molar-refractivity contribution is 5.59. The third-order valence-corrected chi connectivity index (χ3v) is 5.96. The molecule has 6 heteroatoms. The first-order chi connectivity index (χ1) is 16.2. The van der Waals surface area contributed by atoms with Gasteiger partial charge in [-0.25, -0.2) is 4.98 Å². The van der Waals surface area contributed by atoms with Crippen molar-refractivity contribution in [2.24, 2.45) is 5.92 Å². The third kappa shape index (κ3) is 5.46. The van der Waals surface area contributed by atoms with Crippen LogP contribution in [0.3, 0.4) is 0 Å². The van der Waals surface area contributed by atoms with Crippen LogP contribution >= 0.6 is 0 Å². The van der Waals surface area contributed by atoms with Crippen LogP contribution in [0.25, 0.3) is 23.0 Å². The van der Waals surface area contributed by atoms with Gasteiger partial charge in [0.15, 0.2) is 0 Å². The fourth-order valence-corrected chi connectivity index (χ4v) is 4.32. The number of aromatic nitrogens is 3. The molecule has 4 aromatic rings. The summed E-state index contributed by atoms with van der Waals surface area (Å²) < 4.78 is 11.7. The standard InChI is InChI=1S/C27H28N4O2/c1-20-8-5-14-25(28-20)26-29-27(33-30-26)23-12-6-13-24(16-23)32-19-22-11-7-15-31(18-22)17-21-9-3-2-4-10-21/h2-6,8-10,12-14,16,22H,7,11,15,17-19H2,1H3. The van der Waals surface area contributed by atoms with Gasteiger partial charge in [0.05, 0.1) is 6.61 Å². The van der Waals surface area contributed by atoms with Crippen molar-refractivity contribution in [3.63, 3.8) is 0 Å². The van der Waals surface area contributed by atoms with Gasteiger partial charge in [0.25, 0.3) is 5.89 Å². The highest BCUT2D eigenvalue weighted by Crippen LogP contribution is 2.26. The number of rotatable bonds is 7. The summed E-state index contributed by atoms with van der Waals surface area (Å²) in [4.78, 5) is 11.5. The van der Waals surface area contributed by atoms with Gasteiger partial charge in [0, 0.05) is 30.3 Å². The number of hydrogen-bond acceptors (Lipinski definition) is 6. The molecule has 1 fully saturated rings. The lowest BCUT2D eigenvalue weighted by Crippen LogP contribution is -2.37. The lowest BCUT2D eigenvalue weighted by atomic mass is 9.98. The number of piperidine rings is 1. The van der Waals surface area contributed by atoms with E-state index < -0.39 is 0 Å². The van der Waals surface area contributed by atoms with Crippen molar-refractivity contribution >= 4 is 0 Å². The summed E-state index contributed by atoms with van der Waals surface area (Å²) in [5.41, 5.74) is 3.83. The molecule has 2 aromatic carbocycles. The minimum absolute atomic E-state index is 0.463. The molecule has 5 rings (SSSR count). The average molecular weight is 441 g/mol. The zero-order valence-electron chi connectivity index (χ0n) is 18.9. The van der Waals surface area contributed by atoms with Gasteiger partial charge < -0.3 is 9.26 Å². The molecule has 2 aromatic heterocycles. The Morgan fingerprint density at radius 1 is 1.00 bits per heavy atom. The molecule has 0 radical (unpaired) electrons. The lowest BCUT2D eigenvalue weighted by molar-refractivity contribution is 0.125. The summed E-state index contributed by atoms with van der Waals surface area (Å²) in [5.74, 6) is 2.29. The molecule has 0 amide bonds. The molecule has 0 bridgehead atoms. The first-order valence-electron chi connectivity index (χ1n) is 11.5. The molecular formula is C27H28N4O2. The molecular weight excluding hydrogens is 412 g/mol. The second kappa shape index (κ2) is 9.96. The van der Waals surface area contributed by atoms with Crippen LogP contribution in [0.4, 0.5) is 0 Å². The molecule has 1 saturated heterocycles. The van der Waals surface area contributed by atoms with E-state index in [1.807, 2.05) is 49.4 Å². The Bertz CT molecular complexity index is 1190. The summed E-state index contributed by atoms with van der Waals surface area (Å²) in [6.07, 6.45) is 2.40.